The molecule has 0 amide bonds. The fourth-order valence-electron chi connectivity index (χ4n) is 4.41. The Bertz CT molecular complexity index is 849. The van der Waals surface area contributed by atoms with Gasteiger partial charge in [0.1, 0.15) is 18.1 Å². The number of aliphatic hydroxyl groups is 1. The fourth-order valence-corrected chi connectivity index (χ4v) is 4.41. The highest BCUT2D eigenvalue weighted by Gasteiger charge is 2.35. The molecule has 2 atom stereocenters. The number of aliphatic hydroxyl groups excluding tert-OH is 1. The average Bonchev–Trinajstić information content (AvgIpc) is 3.05. The van der Waals surface area contributed by atoms with E-state index in [0.29, 0.717) is 17.6 Å². The zero-order chi connectivity index (χ0) is 17.4. The number of rotatable bonds is 4. The van der Waals surface area contributed by atoms with E-state index >= 15 is 0 Å². The van der Waals surface area contributed by atoms with Gasteiger partial charge in [-0.2, -0.15) is 0 Å². The van der Waals surface area contributed by atoms with Crippen molar-refractivity contribution in [3.05, 3.63) is 63.5 Å². The van der Waals surface area contributed by atoms with Crippen molar-refractivity contribution in [2.24, 2.45) is 5.92 Å². The second-order valence-corrected chi connectivity index (χ2v) is 7.14. The van der Waals surface area contributed by atoms with Crippen LogP contribution in [-0.4, -0.2) is 27.7 Å². The monoisotopic (exact) mass is 340 g/mol. The molecule has 2 aliphatic heterocycles. The van der Waals surface area contributed by atoms with Gasteiger partial charge in [-0.3, -0.25) is 9.69 Å². The molecule has 25 heavy (non-hydrogen) atoms. The summed E-state index contributed by atoms with van der Waals surface area (Å²) in [6, 6.07) is 7.42. The lowest BCUT2D eigenvalue weighted by molar-refractivity contribution is 0.106. The van der Waals surface area contributed by atoms with E-state index in [0.717, 1.165) is 43.9 Å². The summed E-state index contributed by atoms with van der Waals surface area (Å²) in [6.07, 6.45) is 5.28. The Hall–Kier alpha value is -2.11. The van der Waals surface area contributed by atoms with Crippen LogP contribution in [0.25, 0.3) is 6.08 Å². The van der Waals surface area contributed by atoms with E-state index in [1.165, 1.54) is 5.69 Å². The minimum atomic E-state index is -0.0613. The normalized spacial score (nSPS) is 23.1. The third kappa shape index (κ3) is 3.10. The Morgan fingerprint density at radius 1 is 1.20 bits per heavy atom. The number of likely N-dealkylation sites (tertiary alicyclic amines) is 1. The second kappa shape index (κ2) is 6.65. The molecule has 5 heteroatoms. The summed E-state index contributed by atoms with van der Waals surface area (Å²) in [4.78, 5) is 14.8. The topological polar surface area (TPSA) is 58.6 Å². The van der Waals surface area contributed by atoms with Gasteiger partial charge in [-0.05, 0) is 43.0 Å². The summed E-state index contributed by atoms with van der Waals surface area (Å²) in [6.45, 7) is 5.41. The first-order chi connectivity index (χ1) is 12.2. The highest BCUT2D eigenvalue weighted by Crippen LogP contribution is 2.37. The van der Waals surface area contributed by atoms with Crippen LogP contribution in [0.15, 0.2) is 39.6 Å². The Labute approximate surface area is 147 Å². The van der Waals surface area contributed by atoms with Crippen LogP contribution < -0.4 is 5.56 Å². The lowest BCUT2D eigenvalue weighted by Gasteiger charge is -2.43. The van der Waals surface area contributed by atoms with E-state index in [2.05, 4.69) is 11.0 Å². The zero-order valence-corrected chi connectivity index (χ0v) is 14.5. The molecule has 1 N–H and O–H groups in total. The standard InChI is InChI=1S/C20H24N2O3/c1-2-3-15-4-7-19(24)22-10-14-8-16(20(15)22)11-21(9-14)12-17-5-6-18(13-23)25-17/h2-7,14,16,23H,8-13H2,1H3/b3-2+/t14-,16+/m0/s1. The van der Waals surface area contributed by atoms with Gasteiger partial charge in [0.05, 0.1) is 6.54 Å². The predicted molar refractivity (Wildman–Crippen MR) is 96.2 cm³/mol. The molecule has 0 radical (unpaired) electrons. The summed E-state index contributed by atoms with van der Waals surface area (Å²) in [5, 5.41) is 9.16. The molecule has 0 saturated carbocycles. The van der Waals surface area contributed by atoms with Crippen LogP contribution in [0.3, 0.4) is 0 Å². The molecule has 2 aliphatic rings. The minimum absolute atomic E-state index is 0.0613. The lowest BCUT2D eigenvalue weighted by atomic mass is 9.81. The lowest BCUT2D eigenvalue weighted by Crippen LogP contribution is -2.47. The number of allylic oxidation sites excluding steroid dienone is 1. The Morgan fingerprint density at radius 3 is 2.80 bits per heavy atom. The SMILES string of the molecule is C/C=C/c1ccc(=O)n2c1[C@@H]1C[C@@H](CN(Cc3ccc(CO)o3)C1)C2. The van der Waals surface area contributed by atoms with Crippen molar-refractivity contribution in [3.63, 3.8) is 0 Å². The number of pyridine rings is 1. The molecular weight excluding hydrogens is 316 g/mol. The largest absolute Gasteiger partial charge is 0.462 e. The van der Waals surface area contributed by atoms with Crippen molar-refractivity contribution in [2.45, 2.75) is 39.0 Å². The number of hydrogen-bond donors (Lipinski definition) is 1. The quantitative estimate of drug-likeness (QED) is 0.929. The zero-order valence-electron chi connectivity index (χ0n) is 14.5. The summed E-state index contributed by atoms with van der Waals surface area (Å²) < 4.78 is 7.64. The molecular formula is C20H24N2O3. The van der Waals surface area contributed by atoms with Crippen LogP contribution in [0.4, 0.5) is 0 Å². The van der Waals surface area contributed by atoms with Gasteiger partial charge in [-0.15, -0.1) is 0 Å². The van der Waals surface area contributed by atoms with Gasteiger partial charge in [-0.1, -0.05) is 12.2 Å². The first-order valence-electron chi connectivity index (χ1n) is 8.95. The Kier molecular flexibility index (Phi) is 4.36. The molecule has 2 bridgehead atoms. The van der Waals surface area contributed by atoms with Crippen LogP contribution in [0.2, 0.25) is 0 Å². The van der Waals surface area contributed by atoms with Gasteiger partial charge in [0.2, 0.25) is 0 Å². The van der Waals surface area contributed by atoms with E-state index < -0.39 is 0 Å². The Balaban J connectivity index is 1.61. The van der Waals surface area contributed by atoms with Crippen molar-refractivity contribution in [2.75, 3.05) is 13.1 Å². The van der Waals surface area contributed by atoms with Gasteiger partial charge in [-0.25, -0.2) is 0 Å². The van der Waals surface area contributed by atoms with Gasteiger partial charge in [0.15, 0.2) is 0 Å². The van der Waals surface area contributed by atoms with Crippen molar-refractivity contribution >= 4 is 6.08 Å². The van der Waals surface area contributed by atoms with Crippen molar-refractivity contribution in [1.82, 2.24) is 9.47 Å². The number of piperidine rings is 1. The van der Waals surface area contributed by atoms with E-state index in [1.54, 1.807) is 6.07 Å². The summed E-state index contributed by atoms with van der Waals surface area (Å²) in [5.74, 6) is 2.37. The first kappa shape index (κ1) is 16.4. The number of furan rings is 1. The number of fused-ring (bicyclic) bond motifs is 4. The van der Waals surface area contributed by atoms with Crippen molar-refractivity contribution in [1.29, 1.82) is 0 Å². The van der Waals surface area contributed by atoms with Crippen molar-refractivity contribution in [3.8, 4) is 0 Å². The molecule has 0 aromatic carbocycles. The fraction of sp³-hybridized carbons (Fsp3) is 0.450. The van der Waals surface area contributed by atoms with E-state index in [4.69, 9.17) is 9.52 Å². The van der Waals surface area contributed by atoms with Crippen LogP contribution in [0.5, 0.6) is 0 Å². The summed E-state index contributed by atoms with van der Waals surface area (Å²) in [5.41, 5.74) is 2.46. The van der Waals surface area contributed by atoms with Crippen LogP contribution in [0, 0.1) is 5.92 Å². The van der Waals surface area contributed by atoms with Gasteiger partial charge >= 0.3 is 0 Å². The highest BCUT2D eigenvalue weighted by atomic mass is 16.4. The third-order valence-corrected chi connectivity index (χ3v) is 5.30. The highest BCUT2D eigenvalue weighted by molar-refractivity contribution is 5.53. The number of nitrogens with zero attached hydrogens (tertiary/aromatic N) is 2. The minimum Gasteiger partial charge on any atom is -0.462 e. The molecule has 0 aliphatic carbocycles. The molecule has 1 fully saturated rings. The number of hydrogen-bond acceptors (Lipinski definition) is 4. The van der Waals surface area contributed by atoms with Crippen LogP contribution >= 0.6 is 0 Å². The molecule has 132 valence electrons. The van der Waals surface area contributed by atoms with Crippen molar-refractivity contribution < 1.29 is 9.52 Å². The molecule has 2 aromatic heterocycles. The first-order valence-corrected chi connectivity index (χ1v) is 8.95. The summed E-state index contributed by atoms with van der Waals surface area (Å²) in [7, 11) is 0. The average molecular weight is 340 g/mol. The summed E-state index contributed by atoms with van der Waals surface area (Å²) >= 11 is 0. The van der Waals surface area contributed by atoms with Gasteiger partial charge < -0.3 is 14.1 Å². The molecule has 2 aromatic rings. The molecule has 4 heterocycles. The van der Waals surface area contributed by atoms with Gasteiger partial charge in [0, 0.05) is 37.3 Å². The van der Waals surface area contributed by atoms with Crippen LogP contribution in [0.1, 0.15) is 42.0 Å². The van der Waals surface area contributed by atoms with E-state index in [9.17, 15) is 4.79 Å². The van der Waals surface area contributed by atoms with Gasteiger partial charge in [0.25, 0.3) is 5.56 Å². The van der Waals surface area contributed by atoms with E-state index in [1.807, 2.05) is 35.8 Å². The molecule has 0 spiro atoms. The third-order valence-electron chi connectivity index (χ3n) is 5.30. The number of aromatic nitrogens is 1. The molecule has 1 saturated heterocycles. The molecule has 4 rings (SSSR count). The predicted octanol–water partition coefficient (Wildman–Crippen LogP) is 2.59. The maximum Gasteiger partial charge on any atom is 0.250 e. The second-order valence-electron chi connectivity index (χ2n) is 7.14. The Morgan fingerprint density at radius 2 is 2.04 bits per heavy atom. The maximum atomic E-state index is 12.3. The smallest absolute Gasteiger partial charge is 0.250 e. The van der Waals surface area contributed by atoms with Crippen LogP contribution in [-0.2, 0) is 19.7 Å². The maximum absolute atomic E-state index is 12.3. The molecule has 0 unspecified atom stereocenters. The molecule has 5 nitrogen and oxygen atoms in total. The van der Waals surface area contributed by atoms with E-state index in [-0.39, 0.29) is 12.2 Å².